The van der Waals surface area contributed by atoms with E-state index in [4.69, 9.17) is 0 Å². The summed E-state index contributed by atoms with van der Waals surface area (Å²) in [5, 5.41) is 0. The van der Waals surface area contributed by atoms with E-state index in [1.165, 1.54) is 77.4 Å². The topological polar surface area (TPSA) is 3.24 Å². The van der Waals surface area contributed by atoms with Gasteiger partial charge >= 0.3 is 0 Å². The maximum Gasteiger partial charge on any atom is -0.00187 e. The first-order chi connectivity index (χ1) is 7.85. The second-order valence-corrected chi connectivity index (χ2v) is 4.96. The fourth-order valence-electron chi connectivity index (χ4n) is 2.09. The van der Waals surface area contributed by atoms with Gasteiger partial charge in [-0.2, -0.15) is 0 Å². The van der Waals surface area contributed by atoms with Gasteiger partial charge in [0.15, 0.2) is 0 Å². The quantitative estimate of drug-likeness (QED) is 0.430. The van der Waals surface area contributed by atoms with Gasteiger partial charge in [0.25, 0.3) is 0 Å². The summed E-state index contributed by atoms with van der Waals surface area (Å²) in [4.78, 5) is 2.70. The molecule has 0 aromatic heterocycles. The van der Waals surface area contributed by atoms with Crippen LogP contribution in [0, 0.1) is 0 Å². The third-order valence-electron chi connectivity index (χ3n) is 3.23. The molecule has 0 unspecified atom stereocenters. The van der Waals surface area contributed by atoms with E-state index in [9.17, 15) is 0 Å². The molecule has 0 aromatic carbocycles. The van der Waals surface area contributed by atoms with E-state index in [0.29, 0.717) is 0 Å². The van der Waals surface area contributed by atoms with Crippen LogP contribution >= 0.6 is 0 Å². The molecule has 0 aliphatic heterocycles. The lowest BCUT2D eigenvalue weighted by molar-refractivity contribution is 0.256. The van der Waals surface area contributed by atoms with Crippen molar-refractivity contribution in [2.24, 2.45) is 0 Å². The second-order valence-electron chi connectivity index (χ2n) is 4.96. The summed E-state index contributed by atoms with van der Waals surface area (Å²) >= 11 is 0. The van der Waals surface area contributed by atoms with Crippen LogP contribution in [-0.4, -0.2) is 24.5 Å². The predicted molar refractivity (Wildman–Crippen MR) is 75.0 cm³/mol. The summed E-state index contributed by atoms with van der Waals surface area (Å²) in [6, 6.07) is 0. The summed E-state index contributed by atoms with van der Waals surface area (Å²) in [7, 11) is 0. The normalized spacial score (nSPS) is 11.2. The van der Waals surface area contributed by atoms with Crippen molar-refractivity contribution >= 4 is 0 Å². The molecule has 0 atom stereocenters. The molecule has 0 aliphatic carbocycles. The zero-order chi connectivity index (χ0) is 12.1. The largest absolute Gasteiger partial charge is 0.303 e. The van der Waals surface area contributed by atoms with Crippen LogP contribution in [0.2, 0.25) is 0 Å². The van der Waals surface area contributed by atoms with Gasteiger partial charge in [-0.25, -0.2) is 0 Å². The van der Waals surface area contributed by atoms with E-state index in [2.05, 4.69) is 25.7 Å². The van der Waals surface area contributed by atoms with Crippen LogP contribution in [0.1, 0.15) is 78.6 Å². The molecule has 0 fully saturated rings. The average Bonchev–Trinajstić information content (AvgIpc) is 2.29. The lowest BCUT2D eigenvalue weighted by Gasteiger charge is -2.22. The summed E-state index contributed by atoms with van der Waals surface area (Å²) in [5.74, 6) is 0. The van der Waals surface area contributed by atoms with Crippen molar-refractivity contribution < 1.29 is 0 Å². The minimum absolute atomic E-state index is 1.33. The lowest BCUT2D eigenvalue weighted by atomic mass is 10.2. The minimum atomic E-state index is 1.33. The Morgan fingerprint density at radius 3 is 1.06 bits per heavy atom. The van der Waals surface area contributed by atoms with Crippen LogP contribution in [0.25, 0.3) is 0 Å². The van der Waals surface area contributed by atoms with Crippen LogP contribution in [0.4, 0.5) is 0 Å². The van der Waals surface area contributed by atoms with E-state index >= 15 is 0 Å². The Kier molecular flexibility index (Phi) is 13.0. The second kappa shape index (κ2) is 13.0. The smallest absolute Gasteiger partial charge is 0.00187 e. The molecular formula is C15H33N. The monoisotopic (exact) mass is 227 g/mol. The lowest BCUT2D eigenvalue weighted by Crippen LogP contribution is -2.27. The van der Waals surface area contributed by atoms with Crippen molar-refractivity contribution in [1.82, 2.24) is 4.90 Å². The Hall–Kier alpha value is -0.0400. The van der Waals surface area contributed by atoms with Crippen LogP contribution in [0.15, 0.2) is 0 Å². The molecule has 0 aromatic rings. The van der Waals surface area contributed by atoms with Gasteiger partial charge in [0.1, 0.15) is 0 Å². The molecule has 0 saturated heterocycles. The molecule has 0 amide bonds. The van der Waals surface area contributed by atoms with Crippen molar-refractivity contribution in [2.45, 2.75) is 78.6 Å². The minimum Gasteiger partial charge on any atom is -0.303 e. The van der Waals surface area contributed by atoms with E-state index in [0.717, 1.165) is 0 Å². The summed E-state index contributed by atoms with van der Waals surface area (Å²) in [6.45, 7) is 10.9. The molecule has 0 radical (unpaired) electrons. The standard InChI is InChI=1S/C15H33N/c1-4-7-10-13-16(14-11-8-5-2)15-12-9-6-3/h4-15H2,1-3H3. The number of hydrogen-bond acceptors (Lipinski definition) is 1. The third kappa shape index (κ3) is 10.5. The van der Waals surface area contributed by atoms with Crippen LogP contribution in [0.3, 0.4) is 0 Å². The number of nitrogens with zero attached hydrogens (tertiary/aromatic N) is 1. The Morgan fingerprint density at radius 2 is 0.812 bits per heavy atom. The van der Waals surface area contributed by atoms with Crippen molar-refractivity contribution in [1.29, 1.82) is 0 Å². The zero-order valence-corrected chi connectivity index (χ0v) is 11.9. The van der Waals surface area contributed by atoms with Crippen molar-refractivity contribution in [3.05, 3.63) is 0 Å². The first-order valence-electron chi connectivity index (χ1n) is 7.57. The van der Waals surface area contributed by atoms with Crippen molar-refractivity contribution in [3.63, 3.8) is 0 Å². The Balaban J connectivity index is 3.58. The maximum absolute atomic E-state index is 2.70. The van der Waals surface area contributed by atoms with Gasteiger partial charge in [-0.1, -0.05) is 59.3 Å². The molecule has 0 spiro atoms. The summed E-state index contributed by atoms with van der Waals surface area (Å²) in [5.41, 5.74) is 0. The SMILES string of the molecule is CCCCCN(CCCCC)CCCCC. The van der Waals surface area contributed by atoms with Gasteiger partial charge in [0.2, 0.25) is 0 Å². The molecule has 0 saturated carbocycles. The Bertz CT molecular complexity index is 98.8. The van der Waals surface area contributed by atoms with Gasteiger partial charge in [0.05, 0.1) is 0 Å². The van der Waals surface area contributed by atoms with Gasteiger partial charge in [-0.05, 0) is 38.9 Å². The van der Waals surface area contributed by atoms with Gasteiger partial charge in [-0.15, -0.1) is 0 Å². The molecule has 1 heteroatoms. The highest BCUT2D eigenvalue weighted by Gasteiger charge is 2.03. The van der Waals surface area contributed by atoms with Crippen molar-refractivity contribution in [3.8, 4) is 0 Å². The van der Waals surface area contributed by atoms with E-state index in [1.54, 1.807) is 0 Å². The molecule has 0 rings (SSSR count). The molecule has 16 heavy (non-hydrogen) atoms. The fourth-order valence-corrected chi connectivity index (χ4v) is 2.09. The number of unbranched alkanes of at least 4 members (excludes halogenated alkanes) is 6. The highest BCUT2D eigenvalue weighted by atomic mass is 15.1. The summed E-state index contributed by atoms with van der Waals surface area (Å²) in [6.07, 6.45) is 12.4. The predicted octanol–water partition coefficient (Wildman–Crippen LogP) is 4.86. The highest BCUT2D eigenvalue weighted by Crippen LogP contribution is 2.05. The maximum atomic E-state index is 2.70. The third-order valence-corrected chi connectivity index (χ3v) is 3.23. The van der Waals surface area contributed by atoms with Crippen LogP contribution in [-0.2, 0) is 0 Å². The van der Waals surface area contributed by atoms with Gasteiger partial charge in [0, 0.05) is 0 Å². The molecule has 0 bridgehead atoms. The number of rotatable bonds is 12. The molecule has 1 nitrogen and oxygen atoms in total. The first kappa shape index (κ1) is 16.0. The highest BCUT2D eigenvalue weighted by molar-refractivity contribution is 4.58. The summed E-state index contributed by atoms with van der Waals surface area (Å²) < 4.78 is 0. The number of hydrogen-bond donors (Lipinski definition) is 0. The molecule has 0 heterocycles. The first-order valence-corrected chi connectivity index (χ1v) is 7.57. The molecule has 0 aliphatic rings. The van der Waals surface area contributed by atoms with Gasteiger partial charge < -0.3 is 4.90 Å². The average molecular weight is 227 g/mol. The molecule has 0 N–H and O–H groups in total. The van der Waals surface area contributed by atoms with E-state index < -0.39 is 0 Å². The van der Waals surface area contributed by atoms with Crippen molar-refractivity contribution in [2.75, 3.05) is 19.6 Å². The molecule has 98 valence electrons. The zero-order valence-electron chi connectivity index (χ0n) is 11.9. The van der Waals surface area contributed by atoms with E-state index in [1.807, 2.05) is 0 Å². The van der Waals surface area contributed by atoms with E-state index in [-0.39, 0.29) is 0 Å². The fraction of sp³-hybridized carbons (Fsp3) is 1.00. The van der Waals surface area contributed by atoms with Gasteiger partial charge in [-0.3, -0.25) is 0 Å². The Morgan fingerprint density at radius 1 is 0.500 bits per heavy atom. The van der Waals surface area contributed by atoms with Crippen LogP contribution in [0.5, 0.6) is 0 Å². The Labute approximate surface area is 104 Å². The van der Waals surface area contributed by atoms with Crippen LogP contribution < -0.4 is 0 Å². The molecular weight excluding hydrogens is 194 g/mol.